The Labute approximate surface area is 181 Å². The highest BCUT2D eigenvalue weighted by molar-refractivity contribution is 7.54. The number of nitrogens with two attached hydrogens (primary N) is 2. The molecule has 1 rings (SSSR count). The Morgan fingerprint density at radius 3 is 1.52 bits per heavy atom. The molecule has 1 saturated heterocycles. The van der Waals surface area contributed by atoms with Gasteiger partial charge in [0.25, 0.3) is 0 Å². The highest BCUT2D eigenvalue weighted by atomic mass is 31.2. The van der Waals surface area contributed by atoms with E-state index in [4.69, 9.17) is 36.6 Å². The van der Waals surface area contributed by atoms with Crippen molar-refractivity contribution in [2.75, 3.05) is 52.4 Å². The molecule has 1 heterocycles. The molecule has 1 aliphatic rings. The standard InChI is InChI=1S/C10H24N4.C7H11O9P/c11-3-1-5-13-7-9-14(10-8-13)6-2-4-12;8-4(9)1-2-7(6(12)13,3-5(10)11)17(14,15)16/h1-12H2;1-3H2,(H,8,9)(H,10,11)(H,12,13)(H2,14,15,16). The summed E-state index contributed by atoms with van der Waals surface area (Å²) < 4.78 is 11.1. The van der Waals surface area contributed by atoms with E-state index in [1.165, 1.54) is 39.3 Å². The van der Waals surface area contributed by atoms with E-state index in [2.05, 4.69) is 9.80 Å². The van der Waals surface area contributed by atoms with Crippen molar-refractivity contribution in [3.8, 4) is 0 Å². The van der Waals surface area contributed by atoms with Crippen molar-refractivity contribution in [2.45, 2.75) is 37.3 Å². The maximum absolute atomic E-state index is 11.1. The van der Waals surface area contributed by atoms with Gasteiger partial charge < -0.3 is 46.4 Å². The van der Waals surface area contributed by atoms with E-state index in [-0.39, 0.29) is 0 Å². The fourth-order valence-electron chi connectivity index (χ4n) is 3.07. The fraction of sp³-hybridized carbons (Fsp3) is 0.824. The number of carboxylic acid groups (broad SMARTS) is 3. The summed E-state index contributed by atoms with van der Waals surface area (Å²) in [6.45, 7) is 8.76. The lowest BCUT2D eigenvalue weighted by Gasteiger charge is -2.34. The van der Waals surface area contributed by atoms with Crippen LogP contribution in [0.5, 0.6) is 0 Å². The minimum atomic E-state index is -5.32. The average molecular weight is 470 g/mol. The van der Waals surface area contributed by atoms with Crippen molar-refractivity contribution >= 4 is 25.5 Å². The average Bonchev–Trinajstić information content (AvgIpc) is 2.67. The number of hydrogen-bond donors (Lipinski definition) is 7. The van der Waals surface area contributed by atoms with Gasteiger partial charge in [0.2, 0.25) is 0 Å². The van der Waals surface area contributed by atoms with Crippen molar-refractivity contribution < 1.29 is 44.1 Å². The van der Waals surface area contributed by atoms with Crippen molar-refractivity contribution in [3.63, 3.8) is 0 Å². The van der Waals surface area contributed by atoms with Crippen LogP contribution in [0.1, 0.15) is 32.1 Å². The number of carbonyl (C=O) groups is 3. The molecule has 1 atom stereocenters. The van der Waals surface area contributed by atoms with Crippen LogP contribution in [0.4, 0.5) is 0 Å². The first-order chi connectivity index (χ1) is 14.4. The summed E-state index contributed by atoms with van der Waals surface area (Å²) in [5, 5.41) is 22.7. The smallest absolute Gasteiger partial charge is 0.343 e. The molecule has 0 aromatic rings. The number of hydrogen-bond acceptors (Lipinski definition) is 8. The number of rotatable bonds is 13. The molecule has 0 aliphatic carbocycles. The fourth-order valence-corrected chi connectivity index (χ4v) is 4.07. The summed E-state index contributed by atoms with van der Waals surface area (Å²) in [7, 11) is -5.32. The minimum Gasteiger partial charge on any atom is -0.481 e. The zero-order valence-corrected chi connectivity index (χ0v) is 18.5. The van der Waals surface area contributed by atoms with Crippen LogP contribution < -0.4 is 11.5 Å². The van der Waals surface area contributed by atoms with Crippen LogP contribution in [0.3, 0.4) is 0 Å². The number of carboxylic acids is 3. The van der Waals surface area contributed by atoms with Crippen molar-refractivity contribution in [3.05, 3.63) is 0 Å². The molecule has 9 N–H and O–H groups in total. The van der Waals surface area contributed by atoms with Crippen LogP contribution in [-0.2, 0) is 18.9 Å². The van der Waals surface area contributed by atoms with Gasteiger partial charge in [-0.1, -0.05) is 0 Å². The van der Waals surface area contributed by atoms with Crippen molar-refractivity contribution in [2.24, 2.45) is 11.5 Å². The molecule has 0 aromatic carbocycles. The molecule has 1 fully saturated rings. The van der Waals surface area contributed by atoms with E-state index >= 15 is 0 Å². The Morgan fingerprint density at radius 1 is 0.839 bits per heavy atom. The van der Waals surface area contributed by atoms with E-state index in [0.29, 0.717) is 0 Å². The van der Waals surface area contributed by atoms with E-state index in [9.17, 15) is 18.9 Å². The molecule has 14 heteroatoms. The maximum atomic E-state index is 11.1. The first kappa shape index (κ1) is 29.4. The number of piperazine rings is 1. The third kappa shape index (κ3) is 11.0. The predicted molar refractivity (Wildman–Crippen MR) is 112 cm³/mol. The van der Waals surface area contributed by atoms with E-state index in [0.717, 1.165) is 25.9 Å². The Hall–Kier alpha value is -1.60. The molecule has 1 unspecified atom stereocenters. The molecule has 0 aromatic heterocycles. The first-order valence-electron chi connectivity index (χ1n) is 9.97. The van der Waals surface area contributed by atoms with E-state index in [1.54, 1.807) is 0 Å². The third-order valence-corrected chi connectivity index (χ3v) is 6.66. The zero-order valence-electron chi connectivity index (χ0n) is 17.6. The van der Waals surface area contributed by atoms with E-state index in [1.807, 2.05) is 0 Å². The molecule has 0 amide bonds. The molecule has 182 valence electrons. The second-order valence-corrected chi connectivity index (χ2v) is 9.26. The lowest BCUT2D eigenvalue weighted by atomic mass is 9.98. The molecule has 0 saturated carbocycles. The van der Waals surface area contributed by atoms with Crippen LogP contribution in [0, 0.1) is 0 Å². The van der Waals surface area contributed by atoms with Gasteiger partial charge in [0.15, 0.2) is 5.16 Å². The maximum Gasteiger partial charge on any atom is 0.343 e. The summed E-state index contributed by atoms with van der Waals surface area (Å²) in [5.74, 6) is -5.25. The zero-order chi connectivity index (χ0) is 24.1. The van der Waals surface area contributed by atoms with Gasteiger partial charge in [-0.3, -0.25) is 18.9 Å². The number of aliphatic carboxylic acids is 3. The summed E-state index contributed by atoms with van der Waals surface area (Å²) in [4.78, 5) is 54.5. The van der Waals surface area contributed by atoms with Gasteiger partial charge in [-0.25, -0.2) is 0 Å². The Bertz CT molecular complexity index is 607. The summed E-state index contributed by atoms with van der Waals surface area (Å²) in [6.07, 6.45) is -0.912. The van der Waals surface area contributed by atoms with Gasteiger partial charge in [0.1, 0.15) is 0 Å². The largest absolute Gasteiger partial charge is 0.481 e. The number of nitrogens with zero attached hydrogens (tertiary/aromatic N) is 2. The monoisotopic (exact) mass is 470 g/mol. The van der Waals surface area contributed by atoms with Crippen molar-refractivity contribution in [1.82, 2.24) is 9.80 Å². The summed E-state index contributed by atoms with van der Waals surface area (Å²) >= 11 is 0. The quantitative estimate of drug-likeness (QED) is 0.154. The topological polar surface area (TPSA) is 228 Å². The van der Waals surface area contributed by atoms with Gasteiger partial charge in [-0.15, -0.1) is 0 Å². The van der Waals surface area contributed by atoms with Gasteiger partial charge in [0, 0.05) is 32.6 Å². The summed E-state index contributed by atoms with van der Waals surface area (Å²) in [6, 6.07) is 0. The molecule has 0 radical (unpaired) electrons. The van der Waals surface area contributed by atoms with Crippen LogP contribution in [-0.4, -0.2) is 110 Å². The SMILES string of the molecule is NCCCN1CCN(CCCN)CC1.O=C(O)CCC(CC(=O)O)(C(=O)O)P(=O)(O)O. The molecule has 0 spiro atoms. The van der Waals surface area contributed by atoms with Gasteiger partial charge >= 0.3 is 25.5 Å². The molecule has 1 aliphatic heterocycles. The molecular weight excluding hydrogens is 435 g/mol. The highest BCUT2D eigenvalue weighted by Gasteiger charge is 2.55. The summed E-state index contributed by atoms with van der Waals surface area (Å²) in [5.41, 5.74) is 11.0. The first-order valence-corrected chi connectivity index (χ1v) is 11.6. The van der Waals surface area contributed by atoms with Gasteiger partial charge in [-0.2, -0.15) is 0 Å². The molecular formula is C17H35N4O9P. The van der Waals surface area contributed by atoms with Gasteiger partial charge in [-0.05, 0) is 45.4 Å². The lowest BCUT2D eigenvalue weighted by Crippen LogP contribution is -2.47. The molecule has 31 heavy (non-hydrogen) atoms. The van der Waals surface area contributed by atoms with Crippen LogP contribution >= 0.6 is 7.60 Å². The van der Waals surface area contributed by atoms with E-state index < -0.39 is 49.9 Å². The van der Waals surface area contributed by atoms with Crippen molar-refractivity contribution in [1.29, 1.82) is 0 Å². The molecule has 0 bridgehead atoms. The lowest BCUT2D eigenvalue weighted by molar-refractivity contribution is -0.148. The van der Waals surface area contributed by atoms with Crippen LogP contribution in [0.2, 0.25) is 0 Å². The van der Waals surface area contributed by atoms with Gasteiger partial charge in [0.05, 0.1) is 6.42 Å². The second-order valence-electron chi connectivity index (χ2n) is 7.31. The van der Waals surface area contributed by atoms with Crippen LogP contribution in [0.15, 0.2) is 0 Å². The second kappa shape index (κ2) is 14.5. The predicted octanol–water partition coefficient (Wildman–Crippen LogP) is -1.37. The highest BCUT2D eigenvalue weighted by Crippen LogP contribution is 2.55. The minimum absolute atomic E-state index is 0.813. The Morgan fingerprint density at radius 2 is 1.26 bits per heavy atom. The molecule has 13 nitrogen and oxygen atoms in total. The Kier molecular flexibility index (Phi) is 13.7. The third-order valence-electron chi connectivity index (χ3n) is 4.97. The Balaban J connectivity index is 0.000000590. The van der Waals surface area contributed by atoms with Crippen LogP contribution in [0.25, 0.3) is 0 Å². The normalized spacial score (nSPS) is 17.3.